The Morgan fingerprint density at radius 1 is 0.839 bits per heavy atom. The van der Waals surface area contributed by atoms with E-state index in [1.165, 1.54) is 24.6 Å². The highest BCUT2D eigenvalue weighted by molar-refractivity contribution is 7.93. The number of hydrogen-bond acceptors (Lipinski definition) is 5. The van der Waals surface area contributed by atoms with E-state index in [4.69, 9.17) is 25.8 Å². The van der Waals surface area contributed by atoms with Gasteiger partial charge in [0.05, 0.1) is 38.1 Å². The van der Waals surface area contributed by atoms with Gasteiger partial charge in [-0.2, -0.15) is 0 Å². The Morgan fingerprint density at radius 2 is 1.52 bits per heavy atom. The number of methoxy groups -OCH3 is 3. The van der Waals surface area contributed by atoms with Crippen LogP contribution in [0.15, 0.2) is 71.6 Å². The quantitative estimate of drug-likeness (QED) is 0.454. The van der Waals surface area contributed by atoms with Crippen molar-refractivity contribution in [1.82, 2.24) is 0 Å². The van der Waals surface area contributed by atoms with E-state index in [1.807, 2.05) is 0 Å². The predicted octanol–water partition coefficient (Wildman–Crippen LogP) is 5.32. The molecule has 31 heavy (non-hydrogen) atoms. The molecule has 3 aromatic rings. The molecule has 0 aliphatic heterocycles. The molecule has 0 fully saturated rings. The lowest BCUT2D eigenvalue weighted by Crippen LogP contribution is -2.34. The summed E-state index contributed by atoms with van der Waals surface area (Å²) in [6, 6.07) is 17.8. The molecule has 1 unspecified atom stereocenters. The van der Waals surface area contributed by atoms with E-state index >= 15 is 0 Å². The number of ether oxygens (including phenoxy) is 3. The second kappa shape index (κ2) is 9.49. The van der Waals surface area contributed by atoms with Gasteiger partial charge in [-0.25, -0.2) is 8.42 Å². The van der Waals surface area contributed by atoms with Crippen LogP contribution < -0.4 is 18.5 Å². The van der Waals surface area contributed by atoms with Gasteiger partial charge in [0.2, 0.25) is 0 Å². The first-order valence-electron chi connectivity index (χ1n) is 9.48. The lowest BCUT2D eigenvalue weighted by molar-refractivity contribution is 0.396. The van der Waals surface area contributed by atoms with Crippen LogP contribution in [0.5, 0.6) is 17.2 Å². The van der Waals surface area contributed by atoms with Gasteiger partial charge in [0, 0.05) is 11.6 Å². The number of hydrogen-bond donors (Lipinski definition) is 0. The molecule has 0 saturated carbocycles. The number of nitrogens with zero attached hydrogens (tertiary/aromatic N) is 1. The normalized spacial score (nSPS) is 12.2. The number of sulfonamides is 1. The summed E-state index contributed by atoms with van der Waals surface area (Å²) >= 11 is 6.28. The SMILES string of the molecule is COc1cccc(N(C(C)c2cc(OC)ccc2OC)S(=O)(=O)c2ccccc2Cl)c1. The van der Waals surface area contributed by atoms with E-state index in [2.05, 4.69) is 0 Å². The lowest BCUT2D eigenvalue weighted by atomic mass is 10.1. The van der Waals surface area contributed by atoms with E-state index in [0.717, 1.165) is 0 Å². The van der Waals surface area contributed by atoms with E-state index in [1.54, 1.807) is 74.7 Å². The van der Waals surface area contributed by atoms with Gasteiger partial charge >= 0.3 is 0 Å². The fraction of sp³-hybridized carbons (Fsp3) is 0.217. The highest BCUT2D eigenvalue weighted by atomic mass is 35.5. The lowest BCUT2D eigenvalue weighted by Gasteiger charge is -2.32. The van der Waals surface area contributed by atoms with Crippen molar-refractivity contribution in [2.24, 2.45) is 0 Å². The van der Waals surface area contributed by atoms with E-state index in [-0.39, 0.29) is 9.92 Å². The largest absolute Gasteiger partial charge is 0.497 e. The Hall–Kier alpha value is -2.90. The molecule has 0 aliphatic carbocycles. The molecule has 164 valence electrons. The Kier molecular flexibility index (Phi) is 6.97. The number of rotatable bonds is 8. The average Bonchev–Trinajstić information content (AvgIpc) is 2.78. The van der Waals surface area contributed by atoms with Gasteiger partial charge in [0.15, 0.2) is 0 Å². The summed E-state index contributed by atoms with van der Waals surface area (Å²) in [5, 5.41) is 0.139. The van der Waals surface area contributed by atoms with Crippen LogP contribution in [0.3, 0.4) is 0 Å². The summed E-state index contributed by atoms with van der Waals surface area (Å²) in [7, 11) is 0.566. The minimum atomic E-state index is -4.05. The van der Waals surface area contributed by atoms with Crippen LogP contribution in [0.4, 0.5) is 5.69 Å². The topological polar surface area (TPSA) is 65.1 Å². The summed E-state index contributed by atoms with van der Waals surface area (Å²) in [6.45, 7) is 1.78. The molecule has 8 heteroatoms. The van der Waals surface area contributed by atoms with Crippen molar-refractivity contribution in [2.75, 3.05) is 25.6 Å². The number of halogens is 1. The molecule has 1 atom stereocenters. The maximum absolute atomic E-state index is 13.9. The van der Waals surface area contributed by atoms with E-state index < -0.39 is 16.1 Å². The highest BCUT2D eigenvalue weighted by Gasteiger charge is 2.33. The number of anilines is 1. The average molecular weight is 462 g/mol. The Morgan fingerprint density at radius 3 is 2.16 bits per heavy atom. The molecule has 0 heterocycles. The second-order valence-corrected chi connectivity index (χ2v) is 8.91. The Balaban J connectivity index is 2.25. The zero-order valence-electron chi connectivity index (χ0n) is 17.7. The summed E-state index contributed by atoms with van der Waals surface area (Å²) in [5.74, 6) is 1.65. The van der Waals surface area contributed by atoms with Crippen LogP contribution in [-0.2, 0) is 10.0 Å². The molecule has 0 radical (unpaired) electrons. The molecule has 0 aromatic heterocycles. The molecule has 0 aliphatic rings. The van der Waals surface area contributed by atoms with Gasteiger partial charge < -0.3 is 14.2 Å². The maximum atomic E-state index is 13.9. The van der Waals surface area contributed by atoms with Gasteiger partial charge in [-0.1, -0.05) is 29.8 Å². The first kappa shape index (κ1) is 22.8. The van der Waals surface area contributed by atoms with Crippen LogP contribution in [0.25, 0.3) is 0 Å². The maximum Gasteiger partial charge on any atom is 0.266 e. The van der Waals surface area contributed by atoms with Crippen molar-refractivity contribution in [1.29, 1.82) is 0 Å². The van der Waals surface area contributed by atoms with Crippen LogP contribution >= 0.6 is 11.6 Å². The monoisotopic (exact) mass is 461 g/mol. The fourth-order valence-corrected chi connectivity index (χ4v) is 5.50. The molecule has 0 N–H and O–H groups in total. The predicted molar refractivity (Wildman–Crippen MR) is 122 cm³/mol. The molecule has 0 spiro atoms. The molecular weight excluding hydrogens is 438 g/mol. The van der Waals surface area contributed by atoms with Gasteiger partial charge in [-0.3, -0.25) is 4.31 Å². The van der Waals surface area contributed by atoms with Crippen LogP contribution in [-0.4, -0.2) is 29.7 Å². The molecule has 6 nitrogen and oxygen atoms in total. The fourth-order valence-electron chi connectivity index (χ4n) is 3.37. The third-order valence-electron chi connectivity index (χ3n) is 4.92. The molecule has 3 rings (SSSR count). The first-order valence-corrected chi connectivity index (χ1v) is 11.3. The van der Waals surface area contributed by atoms with Crippen LogP contribution in [0.1, 0.15) is 18.5 Å². The molecule has 3 aromatic carbocycles. The summed E-state index contributed by atoms with van der Waals surface area (Å²) in [4.78, 5) is 0.00759. The third kappa shape index (κ3) is 4.57. The van der Waals surface area contributed by atoms with Gasteiger partial charge in [0.25, 0.3) is 10.0 Å². The van der Waals surface area contributed by atoms with E-state index in [9.17, 15) is 8.42 Å². The summed E-state index contributed by atoms with van der Waals surface area (Å²) in [5.41, 5.74) is 1.07. The summed E-state index contributed by atoms with van der Waals surface area (Å²) in [6.07, 6.45) is 0. The van der Waals surface area contributed by atoms with Crippen molar-refractivity contribution in [3.05, 3.63) is 77.3 Å². The zero-order chi connectivity index (χ0) is 22.6. The molecular formula is C23H24ClNO5S. The first-order chi connectivity index (χ1) is 14.8. The Labute approximate surface area is 188 Å². The van der Waals surface area contributed by atoms with Crippen molar-refractivity contribution < 1.29 is 22.6 Å². The third-order valence-corrected chi connectivity index (χ3v) is 7.32. The zero-order valence-corrected chi connectivity index (χ0v) is 19.3. The molecule has 0 saturated heterocycles. The van der Waals surface area contributed by atoms with Crippen molar-refractivity contribution >= 4 is 27.3 Å². The second-order valence-electron chi connectivity index (χ2n) is 6.72. The van der Waals surface area contributed by atoms with Crippen LogP contribution in [0.2, 0.25) is 5.02 Å². The standard InChI is InChI=1S/C23H24ClNO5S/c1-16(20-15-19(29-3)12-13-22(20)30-4)25(17-8-7-9-18(14-17)28-2)31(26,27)23-11-6-5-10-21(23)24/h5-16H,1-4H3. The van der Waals surface area contributed by atoms with Crippen molar-refractivity contribution in [2.45, 2.75) is 17.9 Å². The smallest absolute Gasteiger partial charge is 0.266 e. The minimum Gasteiger partial charge on any atom is -0.497 e. The number of benzene rings is 3. The van der Waals surface area contributed by atoms with E-state index in [0.29, 0.717) is 28.5 Å². The molecule has 0 amide bonds. The Bertz CT molecular complexity index is 1170. The van der Waals surface area contributed by atoms with Gasteiger partial charge in [-0.15, -0.1) is 0 Å². The minimum absolute atomic E-state index is 0.00759. The van der Waals surface area contributed by atoms with Crippen molar-refractivity contribution in [3.63, 3.8) is 0 Å². The van der Waals surface area contributed by atoms with Gasteiger partial charge in [0.1, 0.15) is 22.1 Å². The van der Waals surface area contributed by atoms with Crippen molar-refractivity contribution in [3.8, 4) is 17.2 Å². The van der Waals surface area contributed by atoms with Gasteiger partial charge in [-0.05, 0) is 49.4 Å². The highest BCUT2D eigenvalue weighted by Crippen LogP contribution is 2.40. The molecule has 0 bridgehead atoms. The van der Waals surface area contributed by atoms with Crippen LogP contribution in [0, 0.1) is 0 Å². The summed E-state index contributed by atoms with van der Waals surface area (Å²) < 4.78 is 45.2.